The number of carbonyl (C=O) groups is 1. The average molecular weight is 407 g/mol. The first-order valence-corrected chi connectivity index (χ1v) is 10.6. The van der Waals surface area contributed by atoms with Crippen LogP contribution in [0.3, 0.4) is 0 Å². The monoisotopic (exact) mass is 406 g/mol. The van der Waals surface area contributed by atoms with Crippen LogP contribution in [0, 0.1) is 6.92 Å². The van der Waals surface area contributed by atoms with Gasteiger partial charge in [-0.2, -0.15) is 5.10 Å². The molecule has 1 fully saturated rings. The molecule has 2 aliphatic rings. The smallest absolute Gasteiger partial charge is 0.257 e. The van der Waals surface area contributed by atoms with Gasteiger partial charge in [-0.3, -0.25) is 9.69 Å². The van der Waals surface area contributed by atoms with Gasteiger partial charge in [0.25, 0.3) is 5.91 Å². The highest BCUT2D eigenvalue weighted by Crippen LogP contribution is 2.34. The van der Waals surface area contributed by atoms with Crippen molar-refractivity contribution >= 4 is 11.6 Å². The highest BCUT2D eigenvalue weighted by Gasteiger charge is 2.34. The van der Waals surface area contributed by atoms with E-state index in [0.717, 1.165) is 48.8 Å². The highest BCUT2D eigenvalue weighted by molar-refractivity contribution is 6.03. The summed E-state index contributed by atoms with van der Waals surface area (Å²) in [7, 11) is 3.79. The molecule has 0 unspecified atom stereocenters. The SMILES string of the molecule is COc1ccc(C2=NN(C(=O)CN3CCN(C)CC3)[C@H](c3ccccc3C)C2)cc1. The van der Waals surface area contributed by atoms with Gasteiger partial charge in [-0.1, -0.05) is 24.3 Å². The summed E-state index contributed by atoms with van der Waals surface area (Å²) in [5.41, 5.74) is 4.32. The standard InChI is InChI=1S/C24H30N4O2/c1-18-6-4-5-7-21(18)23-16-22(19-8-10-20(30-3)11-9-19)25-28(23)24(29)17-27-14-12-26(2)13-15-27/h4-11,23H,12-17H2,1-3H3/t23-/m0/s1. The molecule has 1 amide bonds. The molecule has 6 heteroatoms. The molecule has 2 aliphatic heterocycles. The van der Waals surface area contributed by atoms with Crippen molar-refractivity contribution in [1.82, 2.24) is 14.8 Å². The number of carbonyl (C=O) groups excluding carboxylic acids is 1. The van der Waals surface area contributed by atoms with E-state index < -0.39 is 0 Å². The van der Waals surface area contributed by atoms with Crippen molar-refractivity contribution in [2.75, 3.05) is 46.9 Å². The molecule has 2 aromatic carbocycles. The molecule has 6 nitrogen and oxygen atoms in total. The van der Waals surface area contributed by atoms with Crippen LogP contribution < -0.4 is 4.74 Å². The number of nitrogens with zero attached hydrogens (tertiary/aromatic N) is 4. The molecule has 0 aromatic heterocycles. The summed E-state index contributed by atoms with van der Waals surface area (Å²) in [4.78, 5) is 17.8. The summed E-state index contributed by atoms with van der Waals surface area (Å²) in [6.07, 6.45) is 0.714. The van der Waals surface area contributed by atoms with E-state index in [0.29, 0.717) is 13.0 Å². The fraction of sp³-hybridized carbons (Fsp3) is 0.417. The number of piperazine rings is 1. The van der Waals surface area contributed by atoms with E-state index in [-0.39, 0.29) is 11.9 Å². The Kier molecular flexibility index (Phi) is 6.16. The van der Waals surface area contributed by atoms with Gasteiger partial charge in [0.2, 0.25) is 0 Å². The molecule has 1 atom stereocenters. The maximum Gasteiger partial charge on any atom is 0.257 e. The topological polar surface area (TPSA) is 48.4 Å². The number of hydrazone groups is 1. The molecule has 0 bridgehead atoms. The van der Waals surface area contributed by atoms with Crippen LogP contribution in [0.15, 0.2) is 53.6 Å². The van der Waals surface area contributed by atoms with Crippen LogP contribution in [0.2, 0.25) is 0 Å². The lowest BCUT2D eigenvalue weighted by atomic mass is 9.95. The van der Waals surface area contributed by atoms with Gasteiger partial charge in [0, 0.05) is 32.6 Å². The van der Waals surface area contributed by atoms with Crippen molar-refractivity contribution in [2.45, 2.75) is 19.4 Å². The number of rotatable bonds is 5. The second-order valence-corrected chi connectivity index (χ2v) is 8.17. The third-order valence-electron chi connectivity index (χ3n) is 6.09. The number of methoxy groups -OCH3 is 1. The molecule has 0 spiro atoms. The number of amides is 1. The lowest BCUT2D eigenvalue weighted by molar-refractivity contribution is -0.134. The lowest BCUT2D eigenvalue weighted by Crippen LogP contribution is -2.48. The Balaban J connectivity index is 1.59. The van der Waals surface area contributed by atoms with Gasteiger partial charge < -0.3 is 9.64 Å². The first kappa shape index (κ1) is 20.6. The Bertz CT molecular complexity index is 917. The van der Waals surface area contributed by atoms with E-state index in [9.17, 15) is 4.79 Å². The molecular weight excluding hydrogens is 376 g/mol. The van der Waals surface area contributed by atoms with Crippen LogP contribution in [0.25, 0.3) is 0 Å². The third-order valence-corrected chi connectivity index (χ3v) is 6.09. The summed E-state index contributed by atoms with van der Waals surface area (Å²) in [6, 6.07) is 16.1. The van der Waals surface area contributed by atoms with Crippen LogP contribution >= 0.6 is 0 Å². The molecule has 2 heterocycles. The predicted molar refractivity (Wildman–Crippen MR) is 119 cm³/mol. The second-order valence-electron chi connectivity index (χ2n) is 8.17. The number of aryl methyl sites for hydroxylation is 1. The maximum atomic E-state index is 13.3. The van der Waals surface area contributed by atoms with Crippen LogP contribution in [0.5, 0.6) is 5.75 Å². The fourth-order valence-electron chi connectivity index (χ4n) is 4.17. The van der Waals surface area contributed by atoms with Gasteiger partial charge in [-0.15, -0.1) is 0 Å². The van der Waals surface area contributed by atoms with Gasteiger partial charge in [0.15, 0.2) is 0 Å². The zero-order valence-corrected chi connectivity index (χ0v) is 18.0. The van der Waals surface area contributed by atoms with Crippen LogP contribution in [-0.4, -0.2) is 73.3 Å². The Morgan fingerprint density at radius 1 is 1.07 bits per heavy atom. The van der Waals surface area contributed by atoms with Gasteiger partial charge in [-0.05, 0) is 54.9 Å². The first-order chi connectivity index (χ1) is 14.5. The molecule has 0 aliphatic carbocycles. The Morgan fingerprint density at radius 3 is 2.43 bits per heavy atom. The molecule has 158 valence electrons. The highest BCUT2D eigenvalue weighted by atomic mass is 16.5. The third kappa shape index (κ3) is 4.40. The number of hydrogen-bond acceptors (Lipinski definition) is 5. The predicted octanol–water partition coefficient (Wildman–Crippen LogP) is 2.93. The van der Waals surface area contributed by atoms with Crippen molar-refractivity contribution in [1.29, 1.82) is 0 Å². The minimum atomic E-state index is -0.0664. The Morgan fingerprint density at radius 2 is 1.77 bits per heavy atom. The van der Waals surface area contributed by atoms with Crippen molar-refractivity contribution < 1.29 is 9.53 Å². The molecule has 0 radical (unpaired) electrons. The first-order valence-electron chi connectivity index (χ1n) is 10.6. The van der Waals surface area contributed by atoms with Crippen molar-refractivity contribution in [3.05, 3.63) is 65.2 Å². The summed E-state index contributed by atoms with van der Waals surface area (Å²) >= 11 is 0. The molecule has 0 N–H and O–H groups in total. The zero-order chi connectivity index (χ0) is 21.1. The number of hydrogen-bond donors (Lipinski definition) is 0. The molecular formula is C24H30N4O2. The van der Waals surface area contributed by atoms with Crippen LogP contribution in [0.1, 0.15) is 29.2 Å². The number of ether oxygens (including phenoxy) is 1. The summed E-state index contributed by atoms with van der Waals surface area (Å²) < 4.78 is 5.28. The minimum Gasteiger partial charge on any atom is -0.497 e. The van der Waals surface area contributed by atoms with Gasteiger partial charge in [-0.25, -0.2) is 5.01 Å². The maximum absolute atomic E-state index is 13.3. The Hall–Kier alpha value is -2.70. The van der Waals surface area contributed by atoms with Gasteiger partial charge in [0.1, 0.15) is 5.75 Å². The quantitative estimate of drug-likeness (QED) is 0.766. The van der Waals surface area contributed by atoms with E-state index in [2.05, 4.69) is 35.9 Å². The second kappa shape index (κ2) is 8.98. The normalized spacial score (nSPS) is 20.3. The van der Waals surface area contributed by atoms with Gasteiger partial charge in [0.05, 0.1) is 25.4 Å². The largest absolute Gasteiger partial charge is 0.497 e. The molecule has 1 saturated heterocycles. The Labute approximate surface area is 178 Å². The van der Waals surface area contributed by atoms with Crippen molar-refractivity contribution in [3.63, 3.8) is 0 Å². The molecule has 30 heavy (non-hydrogen) atoms. The van der Waals surface area contributed by atoms with Crippen LogP contribution in [0.4, 0.5) is 0 Å². The number of benzene rings is 2. The number of likely N-dealkylation sites (N-methyl/N-ethyl adjacent to an activating group) is 1. The summed E-state index contributed by atoms with van der Waals surface area (Å²) in [5.74, 6) is 0.882. The van der Waals surface area contributed by atoms with Crippen molar-refractivity contribution in [2.24, 2.45) is 5.10 Å². The zero-order valence-electron chi connectivity index (χ0n) is 18.0. The van der Waals surface area contributed by atoms with Crippen molar-refractivity contribution in [3.8, 4) is 5.75 Å². The minimum absolute atomic E-state index is 0.0660. The molecule has 0 saturated carbocycles. The summed E-state index contributed by atoms with van der Waals surface area (Å²) in [6.45, 7) is 6.34. The summed E-state index contributed by atoms with van der Waals surface area (Å²) in [5, 5.41) is 6.54. The van der Waals surface area contributed by atoms with E-state index in [1.807, 2.05) is 36.4 Å². The van der Waals surface area contributed by atoms with E-state index in [4.69, 9.17) is 9.84 Å². The fourth-order valence-corrected chi connectivity index (χ4v) is 4.17. The van der Waals surface area contributed by atoms with E-state index in [1.54, 1.807) is 12.1 Å². The van der Waals surface area contributed by atoms with E-state index in [1.165, 1.54) is 5.56 Å². The van der Waals surface area contributed by atoms with Gasteiger partial charge >= 0.3 is 0 Å². The van der Waals surface area contributed by atoms with Crippen LogP contribution in [-0.2, 0) is 4.79 Å². The average Bonchev–Trinajstić information content (AvgIpc) is 3.21. The van der Waals surface area contributed by atoms with E-state index >= 15 is 0 Å². The molecule has 4 rings (SSSR count). The lowest BCUT2D eigenvalue weighted by Gasteiger charge is -2.33. The molecule has 2 aromatic rings.